The van der Waals surface area contributed by atoms with E-state index in [9.17, 15) is 13.6 Å². The average Bonchev–Trinajstić information content (AvgIpc) is 3.34. The van der Waals surface area contributed by atoms with Crippen molar-refractivity contribution in [2.45, 2.75) is 50.1 Å². The molecule has 2 aliphatic heterocycles. The third kappa shape index (κ3) is 3.52. The van der Waals surface area contributed by atoms with E-state index in [-0.39, 0.29) is 25.7 Å². The number of hydrogen-bond donors (Lipinski definition) is 3. The molecule has 3 aliphatic rings. The molecule has 1 saturated carbocycles. The van der Waals surface area contributed by atoms with Crippen LogP contribution in [0.2, 0.25) is 5.02 Å². The Labute approximate surface area is 176 Å². The lowest BCUT2D eigenvalue weighted by Crippen LogP contribution is -2.54. The zero-order valence-electron chi connectivity index (χ0n) is 16.3. The Bertz CT molecular complexity index is 980. The Morgan fingerprint density at radius 1 is 1.30 bits per heavy atom. The Kier molecular flexibility index (Phi) is 4.87. The molecule has 1 aromatic carbocycles. The van der Waals surface area contributed by atoms with Crippen LogP contribution >= 0.6 is 11.6 Å². The second-order valence-corrected chi connectivity index (χ2v) is 8.85. The predicted molar refractivity (Wildman–Crippen MR) is 107 cm³/mol. The van der Waals surface area contributed by atoms with Crippen molar-refractivity contribution in [3.8, 4) is 0 Å². The first-order chi connectivity index (χ1) is 14.4. The number of aromatic nitrogens is 1. The molecule has 1 unspecified atom stereocenters. The van der Waals surface area contributed by atoms with E-state index in [4.69, 9.17) is 20.8 Å². The fourth-order valence-corrected chi connectivity index (χ4v) is 4.95. The lowest BCUT2D eigenvalue weighted by atomic mass is 9.73. The number of anilines is 1. The SMILES string of the molecule is O=C1Nc2c(Cl)cc3nc(CNCC4CCOC4)oc3c2C2(CCC(F)(F)CC2)N1. The molecule has 7 nitrogen and oxygen atoms in total. The monoisotopic (exact) mass is 440 g/mol. The number of oxazole rings is 1. The minimum atomic E-state index is -2.74. The van der Waals surface area contributed by atoms with Gasteiger partial charge >= 0.3 is 6.03 Å². The van der Waals surface area contributed by atoms with Crippen LogP contribution in [-0.2, 0) is 16.8 Å². The van der Waals surface area contributed by atoms with Crippen LogP contribution in [0.3, 0.4) is 0 Å². The number of ether oxygens (including phenoxy) is 1. The van der Waals surface area contributed by atoms with Gasteiger partial charge in [0.1, 0.15) is 5.52 Å². The van der Waals surface area contributed by atoms with Gasteiger partial charge in [0, 0.05) is 31.6 Å². The third-order valence-electron chi connectivity index (χ3n) is 6.32. The highest BCUT2D eigenvalue weighted by molar-refractivity contribution is 6.35. The van der Waals surface area contributed by atoms with E-state index in [0.29, 0.717) is 45.7 Å². The van der Waals surface area contributed by atoms with Crippen molar-refractivity contribution in [2.24, 2.45) is 5.92 Å². The van der Waals surface area contributed by atoms with Crippen molar-refractivity contribution in [1.82, 2.24) is 15.6 Å². The maximum Gasteiger partial charge on any atom is 0.319 e. The van der Waals surface area contributed by atoms with E-state index in [2.05, 4.69) is 20.9 Å². The Morgan fingerprint density at radius 3 is 2.83 bits per heavy atom. The highest BCUT2D eigenvalue weighted by Crippen LogP contribution is 2.51. The van der Waals surface area contributed by atoms with E-state index in [1.807, 2.05) is 0 Å². The van der Waals surface area contributed by atoms with Crippen LogP contribution < -0.4 is 16.0 Å². The van der Waals surface area contributed by atoms with Gasteiger partial charge < -0.3 is 25.1 Å². The van der Waals surface area contributed by atoms with Gasteiger partial charge in [-0.15, -0.1) is 0 Å². The smallest absolute Gasteiger partial charge is 0.319 e. The molecule has 1 aliphatic carbocycles. The van der Waals surface area contributed by atoms with Crippen molar-refractivity contribution < 1.29 is 22.7 Å². The summed E-state index contributed by atoms with van der Waals surface area (Å²) < 4.78 is 39.2. The van der Waals surface area contributed by atoms with Crippen LogP contribution in [0.1, 0.15) is 43.6 Å². The molecule has 3 heterocycles. The summed E-state index contributed by atoms with van der Waals surface area (Å²) in [5.41, 5.74) is 1.11. The fraction of sp³-hybridized carbons (Fsp3) is 0.600. The molecule has 1 saturated heterocycles. The second kappa shape index (κ2) is 7.32. The minimum Gasteiger partial charge on any atom is -0.439 e. The summed E-state index contributed by atoms with van der Waals surface area (Å²) in [4.78, 5) is 16.8. The zero-order chi connectivity index (χ0) is 20.9. The molecule has 10 heteroatoms. The number of alkyl halides is 2. The van der Waals surface area contributed by atoms with Gasteiger partial charge in [0.05, 0.1) is 29.4 Å². The number of benzene rings is 1. The predicted octanol–water partition coefficient (Wildman–Crippen LogP) is 4.15. The quantitative estimate of drug-likeness (QED) is 0.664. The van der Waals surface area contributed by atoms with Crippen LogP contribution in [0.25, 0.3) is 11.1 Å². The van der Waals surface area contributed by atoms with Gasteiger partial charge in [-0.2, -0.15) is 0 Å². The molecule has 2 fully saturated rings. The maximum atomic E-state index is 13.9. The topological polar surface area (TPSA) is 88.4 Å². The first-order valence-corrected chi connectivity index (χ1v) is 10.6. The molecule has 1 aromatic heterocycles. The molecule has 162 valence electrons. The lowest BCUT2D eigenvalue weighted by Gasteiger charge is -2.44. The first-order valence-electron chi connectivity index (χ1n) is 10.2. The minimum absolute atomic E-state index is 0.103. The Hall–Kier alpha value is -1.97. The molecule has 1 atom stereocenters. The molecule has 5 rings (SSSR count). The number of nitrogens with zero attached hydrogens (tertiary/aromatic N) is 1. The van der Waals surface area contributed by atoms with Gasteiger partial charge in [-0.3, -0.25) is 0 Å². The highest BCUT2D eigenvalue weighted by atomic mass is 35.5. The summed E-state index contributed by atoms with van der Waals surface area (Å²) in [6.45, 7) is 2.78. The van der Waals surface area contributed by atoms with Crippen molar-refractivity contribution in [1.29, 1.82) is 0 Å². The van der Waals surface area contributed by atoms with Crippen LogP contribution in [0.4, 0.5) is 19.3 Å². The number of fused-ring (bicyclic) bond motifs is 4. The van der Waals surface area contributed by atoms with E-state index >= 15 is 0 Å². The molecule has 30 heavy (non-hydrogen) atoms. The molecular formula is C20H23ClF2N4O3. The van der Waals surface area contributed by atoms with Gasteiger partial charge in [0.2, 0.25) is 11.8 Å². The molecule has 0 bridgehead atoms. The number of halogens is 3. The normalized spacial score (nSPS) is 24.6. The molecule has 2 aromatic rings. The van der Waals surface area contributed by atoms with Crippen LogP contribution in [0.5, 0.6) is 0 Å². The number of carbonyl (C=O) groups excluding carboxylic acids is 1. The summed E-state index contributed by atoms with van der Waals surface area (Å²) in [5.74, 6) is -1.77. The molecular weight excluding hydrogens is 418 g/mol. The second-order valence-electron chi connectivity index (χ2n) is 8.44. The van der Waals surface area contributed by atoms with Crippen LogP contribution in [0, 0.1) is 5.92 Å². The van der Waals surface area contributed by atoms with E-state index < -0.39 is 17.5 Å². The number of carbonyl (C=O) groups is 1. The van der Waals surface area contributed by atoms with Gasteiger partial charge in [-0.25, -0.2) is 18.6 Å². The molecule has 0 radical (unpaired) electrons. The van der Waals surface area contributed by atoms with Gasteiger partial charge in [-0.1, -0.05) is 11.6 Å². The average molecular weight is 441 g/mol. The summed E-state index contributed by atoms with van der Waals surface area (Å²) in [5, 5.41) is 9.24. The summed E-state index contributed by atoms with van der Waals surface area (Å²) in [6.07, 6.45) is 0.610. The molecule has 3 N–H and O–H groups in total. The molecule has 1 spiro atoms. The fourth-order valence-electron chi connectivity index (χ4n) is 4.70. The number of hydrogen-bond acceptors (Lipinski definition) is 5. The third-order valence-corrected chi connectivity index (χ3v) is 6.61. The van der Waals surface area contributed by atoms with E-state index in [0.717, 1.165) is 26.2 Å². The van der Waals surface area contributed by atoms with Crippen molar-refractivity contribution in [2.75, 3.05) is 25.1 Å². The number of nitrogens with one attached hydrogen (secondary N) is 3. The number of amides is 2. The molecule has 2 amide bonds. The summed E-state index contributed by atoms with van der Waals surface area (Å²) in [6, 6.07) is 1.19. The van der Waals surface area contributed by atoms with Gasteiger partial charge in [0.15, 0.2) is 5.58 Å². The Morgan fingerprint density at radius 2 is 2.10 bits per heavy atom. The van der Waals surface area contributed by atoms with Crippen LogP contribution in [0.15, 0.2) is 10.5 Å². The largest absolute Gasteiger partial charge is 0.439 e. The van der Waals surface area contributed by atoms with Crippen molar-refractivity contribution in [3.05, 3.63) is 22.5 Å². The van der Waals surface area contributed by atoms with Crippen LogP contribution in [-0.4, -0.2) is 36.7 Å². The maximum absolute atomic E-state index is 13.9. The van der Waals surface area contributed by atoms with Gasteiger partial charge in [-0.05, 0) is 31.2 Å². The number of rotatable bonds is 4. The highest BCUT2D eigenvalue weighted by Gasteiger charge is 2.50. The number of urea groups is 1. The summed E-state index contributed by atoms with van der Waals surface area (Å²) >= 11 is 6.44. The standard InChI is InChI=1S/C20H23ClF2N4O3/c21-12-7-13-17(30-14(25-13)9-24-8-11-1-6-29-10-11)15-16(12)26-18(28)27-19(15)2-4-20(22,23)5-3-19/h7,11,24H,1-6,8-10H2,(H2,26,27,28). The zero-order valence-corrected chi connectivity index (χ0v) is 17.1. The van der Waals surface area contributed by atoms with E-state index in [1.165, 1.54) is 0 Å². The first kappa shape index (κ1) is 20.0. The van der Waals surface area contributed by atoms with E-state index in [1.54, 1.807) is 6.07 Å². The lowest BCUT2D eigenvalue weighted by molar-refractivity contribution is -0.0552. The summed E-state index contributed by atoms with van der Waals surface area (Å²) in [7, 11) is 0. The van der Waals surface area contributed by atoms with Crippen molar-refractivity contribution >= 4 is 34.4 Å². The van der Waals surface area contributed by atoms with Crippen molar-refractivity contribution in [3.63, 3.8) is 0 Å². The Balaban J connectivity index is 1.48. The van der Waals surface area contributed by atoms with Gasteiger partial charge in [0.25, 0.3) is 0 Å².